The fourth-order valence-electron chi connectivity index (χ4n) is 1.17. The van der Waals surface area contributed by atoms with Crippen LogP contribution in [0.3, 0.4) is 0 Å². The van der Waals surface area contributed by atoms with E-state index in [0.29, 0.717) is 0 Å². The molecule has 2 atom stereocenters. The largest absolute Gasteiger partial charge is 0.409 e. The Kier molecular flexibility index (Phi) is 8.02. The molecule has 0 rings (SSSR count). The lowest BCUT2D eigenvalue weighted by Crippen LogP contribution is -2.34. The van der Waals surface area contributed by atoms with Gasteiger partial charge in [0.25, 0.3) is 0 Å². The summed E-state index contributed by atoms with van der Waals surface area (Å²) in [5, 5.41) is 0. The summed E-state index contributed by atoms with van der Waals surface area (Å²) in [4.78, 5) is 0. The number of rotatable bonds is 6. The number of ether oxygens (including phenoxy) is 1. The molecule has 0 aliphatic carbocycles. The molecule has 0 heterocycles. The van der Waals surface area contributed by atoms with Crippen LogP contribution in [0.5, 0.6) is 0 Å². The third-order valence-electron chi connectivity index (χ3n) is 2.35. The van der Waals surface area contributed by atoms with Crippen molar-refractivity contribution in [2.24, 2.45) is 0 Å². The van der Waals surface area contributed by atoms with Crippen LogP contribution < -0.4 is 0 Å². The molecular weight excluding hydrogens is 528 g/mol. The molecule has 0 aromatic heterocycles. The first kappa shape index (κ1) is 21.5. The molecule has 0 amide bonds. The van der Waals surface area contributed by atoms with Crippen LogP contribution in [0.15, 0.2) is 24.3 Å². The highest BCUT2D eigenvalue weighted by atomic mass is 127. The van der Waals surface area contributed by atoms with Crippen molar-refractivity contribution < 1.29 is 31.1 Å². The summed E-state index contributed by atoms with van der Waals surface area (Å²) < 4.78 is 76.2. The lowest BCUT2D eigenvalue weighted by atomic mass is 10.2. The average Bonchev–Trinajstić information content (AvgIpc) is 2.33. The molecule has 0 saturated carbocycles. The maximum absolute atomic E-state index is 12.2. The Labute approximate surface area is 146 Å². The second-order valence-electron chi connectivity index (χ2n) is 4.13. The Balaban J connectivity index is 5.23. The van der Waals surface area contributed by atoms with Gasteiger partial charge in [0.05, 0.1) is 0 Å². The van der Waals surface area contributed by atoms with Crippen molar-refractivity contribution in [1.29, 1.82) is 0 Å². The molecular formula is C12H14F6I2O. The van der Waals surface area contributed by atoms with Crippen LogP contribution in [0.2, 0.25) is 0 Å². The molecule has 0 fully saturated rings. The van der Waals surface area contributed by atoms with Crippen LogP contribution in [0, 0.1) is 0 Å². The van der Waals surface area contributed by atoms with Crippen molar-refractivity contribution >= 4 is 45.2 Å². The standard InChI is InChI=1S/C12H14F6I2O/c1-3-9(19,5-7-11(13,14)15)21-10(20,4-2)6-8-12(16,17)18/h5-8H,3-4H2,1-2H3. The van der Waals surface area contributed by atoms with E-state index < -0.39 is 19.6 Å². The van der Waals surface area contributed by atoms with E-state index >= 15 is 0 Å². The SMILES string of the molecule is CCC(I)(C=CC(F)(F)F)OC(I)(C=CC(F)(F)F)CC. The molecule has 124 valence electrons. The van der Waals surface area contributed by atoms with Gasteiger partial charge in [-0.2, -0.15) is 26.3 Å². The fraction of sp³-hybridized carbons (Fsp3) is 0.667. The molecule has 0 aliphatic rings. The predicted octanol–water partition coefficient (Wildman–Crippen LogP) is 6.32. The summed E-state index contributed by atoms with van der Waals surface area (Å²) in [6, 6.07) is 0. The Bertz CT molecular complexity index is 354. The summed E-state index contributed by atoms with van der Waals surface area (Å²) >= 11 is 3.32. The molecule has 0 saturated heterocycles. The number of alkyl halides is 8. The fourth-order valence-corrected chi connectivity index (χ4v) is 2.73. The smallest absolute Gasteiger partial charge is 0.340 e. The van der Waals surface area contributed by atoms with Gasteiger partial charge in [-0.05, 0) is 70.2 Å². The van der Waals surface area contributed by atoms with E-state index in [1.54, 1.807) is 59.0 Å². The highest BCUT2D eigenvalue weighted by Gasteiger charge is 2.36. The van der Waals surface area contributed by atoms with Crippen LogP contribution in [-0.2, 0) is 4.74 Å². The van der Waals surface area contributed by atoms with Crippen molar-refractivity contribution in [3.63, 3.8) is 0 Å². The zero-order chi connectivity index (χ0) is 16.9. The van der Waals surface area contributed by atoms with Crippen LogP contribution in [0.4, 0.5) is 26.3 Å². The monoisotopic (exact) mass is 542 g/mol. The second-order valence-corrected chi connectivity index (χ2v) is 7.78. The summed E-state index contributed by atoms with van der Waals surface area (Å²) in [5.41, 5.74) is 0. The van der Waals surface area contributed by atoms with Gasteiger partial charge in [0.1, 0.15) is 7.22 Å². The van der Waals surface area contributed by atoms with Crippen molar-refractivity contribution in [3.05, 3.63) is 24.3 Å². The van der Waals surface area contributed by atoms with Crippen LogP contribution in [0.25, 0.3) is 0 Å². The normalized spacial score (nSPS) is 19.9. The molecule has 0 aromatic rings. The van der Waals surface area contributed by atoms with Gasteiger partial charge in [0.2, 0.25) is 0 Å². The number of hydrogen-bond donors (Lipinski definition) is 0. The number of allylic oxidation sites excluding steroid dienone is 2. The van der Waals surface area contributed by atoms with E-state index in [1.165, 1.54) is 0 Å². The van der Waals surface area contributed by atoms with E-state index in [9.17, 15) is 26.3 Å². The van der Waals surface area contributed by atoms with Crippen molar-refractivity contribution in [2.75, 3.05) is 0 Å². The molecule has 9 heteroatoms. The summed E-state index contributed by atoms with van der Waals surface area (Å²) in [6.45, 7) is 3.18. The molecule has 0 aromatic carbocycles. The maximum atomic E-state index is 12.2. The zero-order valence-electron chi connectivity index (χ0n) is 11.2. The summed E-state index contributed by atoms with van der Waals surface area (Å²) in [6.07, 6.45) is -6.97. The van der Waals surface area contributed by atoms with E-state index in [-0.39, 0.29) is 25.0 Å². The van der Waals surface area contributed by atoms with Crippen LogP contribution in [-0.4, -0.2) is 19.6 Å². The Hall–Kier alpha value is 0.480. The van der Waals surface area contributed by atoms with Gasteiger partial charge < -0.3 is 4.74 Å². The first-order valence-electron chi connectivity index (χ1n) is 5.86. The van der Waals surface area contributed by atoms with Gasteiger partial charge in [0.15, 0.2) is 0 Å². The predicted molar refractivity (Wildman–Crippen MR) is 85.6 cm³/mol. The van der Waals surface area contributed by atoms with Crippen molar-refractivity contribution in [3.8, 4) is 0 Å². The third kappa shape index (κ3) is 9.97. The first-order chi connectivity index (χ1) is 9.24. The van der Waals surface area contributed by atoms with Crippen LogP contribution in [0.1, 0.15) is 26.7 Å². The van der Waals surface area contributed by atoms with Gasteiger partial charge >= 0.3 is 12.4 Å². The molecule has 21 heavy (non-hydrogen) atoms. The number of hydrogen-bond acceptors (Lipinski definition) is 1. The quantitative estimate of drug-likeness (QED) is 0.165. The Morgan fingerprint density at radius 3 is 1.19 bits per heavy atom. The third-order valence-corrected chi connectivity index (χ3v) is 5.03. The van der Waals surface area contributed by atoms with Gasteiger partial charge in [-0.15, -0.1) is 0 Å². The Morgan fingerprint density at radius 2 is 1.00 bits per heavy atom. The topological polar surface area (TPSA) is 9.23 Å². The minimum absolute atomic E-state index is 0.0309. The summed E-state index contributed by atoms with van der Waals surface area (Å²) in [7, 11) is 0. The minimum Gasteiger partial charge on any atom is -0.340 e. The van der Waals surface area contributed by atoms with Gasteiger partial charge in [0, 0.05) is 12.2 Å². The molecule has 0 spiro atoms. The van der Waals surface area contributed by atoms with Crippen LogP contribution >= 0.6 is 45.2 Å². The lowest BCUT2D eigenvalue weighted by Gasteiger charge is -2.33. The van der Waals surface area contributed by atoms with Crippen molar-refractivity contribution in [1.82, 2.24) is 0 Å². The molecule has 0 radical (unpaired) electrons. The molecule has 0 bridgehead atoms. The maximum Gasteiger partial charge on any atom is 0.409 e. The Morgan fingerprint density at radius 1 is 0.714 bits per heavy atom. The molecule has 1 nitrogen and oxygen atoms in total. The van der Waals surface area contributed by atoms with E-state index in [4.69, 9.17) is 4.74 Å². The van der Waals surface area contributed by atoms with Gasteiger partial charge in [-0.25, -0.2) is 0 Å². The zero-order valence-corrected chi connectivity index (χ0v) is 15.5. The van der Waals surface area contributed by atoms with Gasteiger partial charge in [-0.1, -0.05) is 13.8 Å². The van der Waals surface area contributed by atoms with E-state index in [0.717, 1.165) is 12.2 Å². The number of halogens is 8. The second kappa shape index (κ2) is 7.84. The van der Waals surface area contributed by atoms with E-state index in [2.05, 4.69) is 0 Å². The first-order valence-corrected chi connectivity index (χ1v) is 8.02. The average molecular weight is 542 g/mol. The summed E-state index contributed by atoms with van der Waals surface area (Å²) in [5.74, 6) is 0. The van der Waals surface area contributed by atoms with Gasteiger partial charge in [-0.3, -0.25) is 0 Å². The molecule has 0 N–H and O–H groups in total. The highest BCUT2D eigenvalue weighted by molar-refractivity contribution is 14.1. The van der Waals surface area contributed by atoms with Crippen molar-refractivity contribution in [2.45, 2.75) is 46.3 Å². The highest BCUT2D eigenvalue weighted by Crippen LogP contribution is 2.39. The molecule has 2 unspecified atom stereocenters. The molecule has 0 aliphatic heterocycles. The van der Waals surface area contributed by atoms with E-state index in [1.807, 2.05) is 0 Å². The minimum atomic E-state index is -4.50. The lowest BCUT2D eigenvalue weighted by molar-refractivity contribution is -0.0822.